The van der Waals surface area contributed by atoms with Gasteiger partial charge < -0.3 is 15.3 Å². The highest BCUT2D eigenvalue weighted by atomic mass is 35.5. The van der Waals surface area contributed by atoms with Crippen molar-refractivity contribution in [3.63, 3.8) is 0 Å². The predicted molar refractivity (Wildman–Crippen MR) is 97.2 cm³/mol. The summed E-state index contributed by atoms with van der Waals surface area (Å²) in [5.41, 5.74) is 1.07. The molecule has 1 saturated heterocycles. The zero-order valence-electron chi connectivity index (χ0n) is 13.7. The molecule has 132 valence electrons. The first-order chi connectivity index (χ1) is 11.9. The number of nitrogens with zero attached hydrogens (tertiary/aromatic N) is 2. The third-order valence-corrected chi connectivity index (χ3v) is 5.30. The number of carbonyl (C=O) groups is 2. The van der Waals surface area contributed by atoms with Crippen LogP contribution in [0.2, 0.25) is 5.02 Å². The zero-order chi connectivity index (χ0) is 18.0. The standard InChI is InChI=1S/C17H18ClN3O3S/c1-10-9-25-17(19-10)20-15(23)11-4-6-21(7-5-11)16(24)13-8-12(18)2-3-14(13)22/h2-3,8-9,11,22H,4-7H2,1H3,(H,19,20,23). The number of phenolic OH excluding ortho intramolecular Hbond substituents is 1. The molecular formula is C17H18ClN3O3S. The molecule has 8 heteroatoms. The molecule has 0 atom stereocenters. The molecule has 2 N–H and O–H groups in total. The van der Waals surface area contributed by atoms with Crippen molar-refractivity contribution in [2.75, 3.05) is 18.4 Å². The Balaban J connectivity index is 1.58. The molecule has 0 spiro atoms. The number of anilines is 1. The summed E-state index contributed by atoms with van der Waals surface area (Å²) in [7, 11) is 0. The molecule has 2 aromatic rings. The van der Waals surface area contributed by atoms with Gasteiger partial charge in [-0.05, 0) is 38.0 Å². The lowest BCUT2D eigenvalue weighted by atomic mass is 9.95. The highest BCUT2D eigenvalue weighted by molar-refractivity contribution is 7.13. The molecule has 1 aliphatic heterocycles. The van der Waals surface area contributed by atoms with E-state index in [4.69, 9.17) is 11.6 Å². The van der Waals surface area contributed by atoms with Gasteiger partial charge in [-0.15, -0.1) is 11.3 Å². The summed E-state index contributed by atoms with van der Waals surface area (Å²) >= 11 is 7.30. The summed E-state index contributed by atoms with van der Waals surface area (Å²) in [5.74, 6) is -0.573. The van der Waals surface area contributed by atoms with E-state index in [1.165, 1.54) is 29.5 Å². The van der Waals surface area contributed by atoms with Gasteiger partial charge in [0.15, 0.2) is 5.13 Å². The van der Waals surface area contributed by atoms with Crippen LogP contribution in [0.5, 0.6) is 5.75 Å². The van der Waals surface area contributed by atoms with Gasteiger partial charge in [0.2, 0.25) is 5.91 Å². The number of rotatable bonds is 3. The lowest BCUT2D eigenvalue weighted by Gasteiger charge is -2.31. The molecule has 2 heterocycles. The van der Waals surface area contributed by atoms with Crippen LogP contribution in [0.1, 0.15) is 28.9 Å². The van der Waals surface area contributed by atoms with Crippen LogP contribution in [-0.4, -0.2) is 39.9 Å². The largest absolute Gasteiger partial charge is 0.507 e. The zero-order valence-corrected chi connectivity index (χ0v) is 15.2. The molecule has 0 bridgehead atoms. The number of amides is 2. The maximum Gasteiger partial charge on any atom is 0.257 e. The van der Waals surface area contributed by atoms with Gasteiger partial charge >= 0.3 is 0 Å². The van der Waals surface area contributed by atoms with E-state index in [2.05, 4.69) is 10.3 Å². The summed E-state index contributed by atoms with van der Waals surface area (Å²) < 4.78 is 0. The van der Waals surface area contributed by atoms with Gasteiger partial charge in [-0.1, -0.05) is 11.6 Å². The summed E-state index contributed by atoms with van der Waals surface area (Å²) in [4.78, 5) is 30.7. The van der Waals surface area contributed by atoms with Crippen LogP contribution in [0.15, 0.2) is 23.6 Å². The maximum absolute atomic E-state index is 12.5. The first kappa shape index (κ1) is 17.7. The quantitative estimate of drug-likeness (QED) is 0.857. The SMILES string of the molecule is Cc1csc(NC(=O)C2CCN(C(=O)c3cc(Cl)ccc3O)CC2)n1. The van der Waals surface area contributed by atoms with Gasteiger partial charge in [-0.3, -0.25) is 9.59 Å². The Morgan fingerprint density at radius 1 is 1.36 bits per heavy atom. The molecular weight excluding hydrogens is 362 g/mol. The van der Waals surface area contributed by atoms with Crippen molar-refractivity contribution >= 4 is 39.9 Å². The van der Waals surface area contributed by atoms with Crippen molar-refractivity contribution in [1.29, 1.82) is 0 Å². The molecule has 1 fully saturated rings. The third-order valence-electron chi connectivity index (χ3n) is 4.19. The van der Waals surface area contributed by atoms with Gasteiger partial charge in [0.1, 0.15) is 5.75 Å². The van der Waals surface area contributed by atoms with Gasteiger partial charge in [0.05, 0.1) is 11.3 Å². The number of phenols is 1. The van der Waals surface area contributed by atoms with Crippen LogP contribution in [0, 0.1) is 12.8 Å². The van der Waals surface area contributed by atoms with Gasteiger partial charge in [-0.25, -0.2) is 4.98 Å². The average molecular weight is 380 g/mol. The summed E-state index contributed by atoms with van der Waals surface area (Å²) in [6.45, 7) is 2.79. The molecule has 0 unspecified atom stereocenters. The molecule has 25 heavy (non-hydrogen) atoms. The number of aromatic hydroxyl groups is 1. The fourth-order valence-electron chi connectivity index (χ4n) is 2.81. The monoisotopic (exact) mass is 379 g/mol. The minimum atomic E-state index is -0.269. The number of carbonyl (C=O) groups excluding carboxylic acids is 2. The molecule has 0 aliphatic carbocycles. The topological polar surface area (TPSA) is 82.5 Å². The third kappa shape index (κ3) is 4.11. The van der Waals surface area contributed by atoms with Crippen LogP contribution in [0.3, 0.4) is 0 Å². The number of hydrogen-bond donors (Lipinski definition) is 2. The number of aromatic nitrogens is 1. The number of benzene rings is 1. The van der Waals surface area contributed by atoms with Crippen LogP contribution in [0.4, 0.5) is 5.13 Å². The fourth-order valence-corrected chi connectivity index (χ4v) is 3.68. The van der Waals surface area contributed by atoms with E-state index in [0.717, 1.165) is 5.69 Å². The van der Waals surface area contributed by atoms with Gasteiger partial charge in [0, 0.05) is 29.4 Å². The van der Waals surface area contributed by atoms with Crippen molar-refractivity contribution in [3.05, 3.63) is 39.9 Å². The number of nitrogens with one attached hydrogen (secondary N) is 1. The number of halogens is 1. The second-order valence-electron chi connectivity index (χ2n) is 6.01. The lowest BCUT2D eigenvalue weighted by Crippen LogP contribution is -2.41. The number of aryl methyl sites for hydroxylation is 1. The number of thiazole rings is 1. The van der Waals surface area contributed by atoms with E-state index >= 15 is 0 Å². The van der Waals surface area contributed by atoms with E-state index in [0.29, 0.717) is 36.1 Å². The normalized spacial score (nSPS) is 15.2. The van der Waals surface area contributed by atoms with Crippen LogP contribution in [0.25, 0.3) is 0 Å². The van der Waals surface area contributed by atoms with Crippen LogP contribution < -0.4 is 5.32 Å². The fraction of sp³-hybridized carbons (Fsp3) is 0.353. The molecule has 0 radical (unpaired) electrons. The Labute approximate surface area is 154 Å². The molecule has 0 saturated carbocycles. The molecule has 2 amide bonds. The molecule has 1 aliphatic rings. The Hall–Kier alpha value is -2.12. The van der Waals surface area contributed by atoms with Crippen molar-refractivity contribution in [2.45, 2.75) is 19.8 Å². The smallest absolute Gasteiger partial charge is 0.257 e. The second-order valence-corrected chi connectivity index (χ2v) is 7.31. The van der Waals surface area contributed by atoms with E-state index in [1.54, 1.807) is 4.90 Å². The molecule has 1 aromatic carbocycles. The Bertz CT molecular complexity index is 800. The minimum absolute atomic E-state index is 0.0629. The van der Waals surface area contributed by atoms with Crippen molar-refractivity contribution in [1.82, 2.24) is 9.88 Å². The lowest BCUT2D eigenvalue weighted by molar-refractivity contribution is -0.121. The van der Waals surface area contributed by atoms with E-state index in [1.807, 2.05) is 12.3 Å². The van der Waals surface area contributed by atoms with Crippen LogP contribution in [-0.2, 0) is 4.79 Å². The van der Waals surface area contributed by atoms with E-state index in [9.17, 15) is 14.7 Å². The van der Waals surface area contributed by atoms with E-state index < -0.39 is 0 Å². The molecule has 1 aromatic heterocycles. The Morgan fingerprint density at radius 2 is 2.08 bits per heavy atom. The highest BCUT2D eigenvalue weighted by Gasteiger charge is 2.29. The van der Waals surface area contributed by atoms with Crippen molar-refractivity contribution in [2.24, 2.45) is 5.92 Å². The summed E-state index contributed by atoms with van der Waals surface area (Å²) in [6.07, 6.45) is 1.15. The number of likely N-dealkylation sites (tertiary alicyclic amines) is 1. The van der Waals surface area contributed by atoms with Gasteiger partial charge in [-0.2, -0.15) is 0 Å². The number of piperidine rings is 1. The predicted octanol–water partition coefficient (Wildman–Crippen LogP) is 3.30. The highest BCUT2D eigenvalue weighted by Crippen LogP contribution is 2.26. The Morgan fingerprint density at radius 3 is 2.72 bits per heavy atom. The maximum atomic E-state index is 12.5. The van der Waals surface area contributed by atoms with E-state index in [-0.39, 0.29) is 29.0 Å². The Kier molecular flexibility index (Phi) is 5.24. The van der Waals surface area contributed by atoms with Gasteiger partial charge in [0.25, 0.3) is 5.91 Å². The summed E-state index contributed by atoms with van der Waals surface area (Å²) in [5, 5.41) is 15.6. The summed E-state index contributed by atoms with van der Waals surface area (Å²) in [6, 6.07) is 4.40. The first-order valence-electron chi connectivity index (χ1n) is 7.95. The van der Waals surface area contributed by atoms with Crippen LogP contribution >= 0.6 is 22.9 Å². The second kappa shape index (κ2) is 7.41. The minimum Gasteiger partial charge on any atom is -0.507 e. The average Bonchev–Trinajstić information content (AvgIpc) is 3.01. The van der Waals surface area contributed by atoms with Crippen molar-refractivity contribution < 1.29 is 14.7 Å². The van der Waals surface area contributed by atoms with Crippen molar-refractivity contribution in [3.8, 4) is 5.75 Å². The number of hydrogen-bond acceptors (Lipinski definition) is 5. The first-order valence-corrected chi connectivity index (χ1v) is 9.20. The molecule has 6 nitrogen and oxygen atoms in total. The molecule has 3 rings (SSSR count).